The zero-order valence-corrected chi connectivity index (χ0v) is 10.5. The van der Waals surface area contributed by atoms with Crippen LogP contribution in [0.5, 0.6) is 0 Å². The van der Waals surface area contributed by atoms with E-state index in [1.165, 1.54) is 23.9 Å². The number of imidazole rings is 1. The molecule has 17 heavy (non-hydrogen) atoms. The van der Waals surface area contributed by atoms with Gasteiger partial charge in [-0.3, -0.25) is 0 Å². The van der Waals surface area contributed by atoms with Crippen LogP contribution in [0.25, 0.3) is 11.0 Å². The molecule has 1 aliphatic carbocycles. The summed E-state index contributed by atoms with van der Waals surface area (Å²) in [5, 5.41) is 0. The Bertz CT molecular complexity index is 552. The molecular formula is C14H19N3. The van der Waals surface area contributed by atoms with Gasteiger partial charge in [-0.1, -0.05) is 19.1 Å². The van der Waals surface area contributed by atoms with Crippen molar-refractivity contribution in [1.82, 2.24) is 9.55 Å². The van der Waals surface area contributed by atoms with Crippen LogP contribution in [0, 0.1) is 18.8 Å². The van der Waals surface area contributed by atoms with Gasteiger partial charge in [0.05, 0.1) is 11.0 Å². The van der Waals surface area contributed by atoms with Crippen LogP contribution in [0.2, 0.25) is 0 Å². The van der Waals surface area contributed by atoms with Gasteiger partial charge in [0.1, 0.15) is 0 Å². The van der Waals surface area contributed by atoms with Gasteiger partial charge in [0.2, 0.25) is 5.95 Å². The molecule has 0 aliphatic heterocycles. The Morgan fingerprint density at radius 3 is 2.94 bits per heavy atom. The topological polar surface area (TPSA) is 43.8 Å². The Morgan fingerprint density at radius 2 is 2.24 bits per heavy atom. The second kappa shape index (κ2) is 3.76. The van der Waals surface area contributed by atoms with E-state index >= 15 is 0 Å². The lowest BCUT2D eigenvalue weighted by Crippen LogP contribution is -2.11. The van der Waals surface area contributed by atoms with Gasteiger partial charge in [0.15, 0.2) is 0 Å². The quantitative estimate of drug-likeness (QED) is 0.879. The highest BCUT2D eigenvalue weighted by Gasteiger charge is 2.28. The number of aryl methyl sites for hydroxylation is 1. The second-order valence-electron chi connectivity index (χ2n) is 5.34. The molecule has 2 aromatic rings. The Kier molecular flexibility index (Phi) is 2.35. The normalized spacial score (nSPS) is 17.5. The number of benzene rings is 1. The Labute approximate surface area is 102 Å². The van der Waals surface area contributed by atoms with Crippen LogP contribution in [0.3, 0.4) is 0 Å². The molecule has 1 atom stereocenters. The predicted molar refractivity (Wildman–Crippen MR) is 70.8 cm³/mol. The van der Waals surface area contributed by atoms with E-state index in [4.69, 9.17) is 5.73 Å². The molecule has 3 heteroatoms. The fraction of sp³-hybridized carbons (Fsp3) is 0.500. The summed E-state index contributed by atoms with van der Waals surface area (Å²) in [6.07, 6.45) is 2.76. The monoisotopic (exact) mass is 229 g/mol. The maximum Gasteiger partial charge on any atom is 0.201 e. The zero-order chi connectivity index (χ0) is 12.0. The van der Waals surface area contributed by atoms with Crippen molar-refractivity contribution in [1.29, 1.82) is 0 Å². The van der Waals surface area contributed by atoms with Crippen molar-refractivity contribution in [2.75, 3.05) is 5.73 Å². The van der Waals surface area contributed by atoms with Gasteiger partial charge in [0.25, 0.3) is 0 Å². The smallest absolute Gasteiger partial charge is 0.201 e. The minimum atomic E-state index is 0.654. The summed E-state index contributed by atoms with van der Waals surface area (Å²) in [5.74, 6) is 2.26. The first-order valence-electron chi connectivity index (χ1n) is 6.38. The van der Waals surface area contributed by atoms with Gasteiger partial charge in [-0.05, 0) is 43.2 Å². The molecule has 0 bridgehead atoms. The van der Waals surface area contributed by atoms with Gasteiger partial charge >= 0.3 is 0 Å². The lowest BCUT2D eigenvalue weighted by molar-refractivity contribution is 0.439. The van der Waals surface area contributed by atoms with E-state index in [1.54, 1.807) is 0 Å². The predicted octanol–water partition coefficient (Wildman–Crippen LogP) is 2.97. The molecule has 0 amide bonds. The first-order valence-corrected chi connectivity index (χ1v) is 6.38. The molecular weight excluding hydrogens is 210 g/mol. The molecule has 0 spiro atoms. The van der Waals surface area contributed by atoms with Crippen molar-refractivity contribution >= 4 is 17.0 Å². The molecule has 1 heterocycles. The molecule has 1 unspecified atom stereocenters. The van der Waals surface area contributed by atoms with Gasteiger partial charge in [-0.2, -0.15) is 0 Å². The number of nitrogens with two attached hydrogens (primary N) is 1. The Balaban J connectivity index is 2.02. The van der Waals surface area contributed by atoms with E-state index in [2.05, 4.69) is 41.6 Å². The van der Waals surface area contributed by atoms with Crippen LogP contribution in [0.4, 0.5) is 5.95 Å². The summed E-state index contributed by atoms with van der Waals surface area (Å²) in [5.41, 5.74) is 9.47. The molecule has 0 radical (unpaired) electrons. The standard InChI is InChI=1S/C14H19N3/c1-9-4-3-5-12-13(9)16-14(15)17(12)8-10(2)11-6-7-11/h3-5,10-11H,6-8H2,1-2H3,(H2,15,16). The Hall–Kier alpha value is -1.51. The highest BCUT2D eigenvalue weighted by atomic mass is 15.2. The second-order valence-corrected chi connectivity index (χ2v) is 5.34. The van der Waals surface area contributed by atoms with Crippen molar-refractivity contribution in [3.05, 3.63) is 23.8 Å². The van der Waals surface area contributed by atoms with Gasteiger partial charge < -0.3 is 10.3 Å². The first-order chi connectivity index (χ1) is 8.16. The van der Waals surface area contributed by atoms with Gasteiger partial charge in [-0.25, -0.2) is 4.98 Å². The number of nitrogen functional groups attached to an aromatic ring is 1. The SMILES string of the molecule is Cc1cccc2c1nc(N)n2CC(C)C1CC1. The third kappa shape index (κ3) is 1.79. The molecule has 0 saturated heterocycles. The van der Waals surface area contributed by atoms with Crippen LogP contribution < -0.4 is 5.73 Å². The first kappa shape index (κ1) is 10.6. The number of anilines is 1. The summed E-state index contributed by atoms with van der Waals surface area (Å²) in [6.45, 7) is 5.40. The highest BCUT2D eigenvalue weighted by molar-refractivity contribution is 5.81. The summed E-state index contributed by atoms with van der Waals surface area (Å²) in [4.78, 5) is 4.49. The van der Waals surface area contributed by atoms with E-state index in [1.807, 2.05) is 0 Å². The van der Waals surface area contributed by atoms with Crippen LogP contribution >= 0.6 is 0 Å². The third-order valence-electron chi connectivity index (χ3n) is 3.91. The number of aromatic nitrogens is 2. The van der Waals surface area contributed by atoms with E-state index < -0.39 is 0 Å². The van der Waals surface area contributed by atoms with E-state index in [0.717, 1.165) is 18.0 Å². The summed E-state index contributed by atoms with van der Waals surface area (Å²) in [7, 11) is 0. The number of rotatable bonds is 3. The number of fused-ring (bicyclic) bond motifs is 1. The number of para-hydroxylation sites is 1. The fourth-order valence-electron chi connectivity index (χ4n) is 2.60. The van der Waals surface area contributed by atoms with E-state index in [0.29, 0.717) is 11.9 Å². The van der Waals surface area contributed by atoms with Crippen LogP contribution in [0.15, 0.2) is 18.2 Å². The molecule has 3 rings (SSSR count). The molecule has 90 valence electrons. The fourth-order valence-corrected chi connectivity index (χ4v) is 2.60. The number of nitrogens with zero attached hydrogens (tertiary/aromatic N) is 2. The van der Waals surface area contributed by atoms with Crippen molar-refractivity contribution < 1.29 is 0 Å². The average molecular weight is 229 g/mol. The molecule has 1 aromatic carbocycles. The van der Waals surface area contributed by atoms with E-state index in [-0.39, 0.29) is 0 Å². The van der Waals surface area contributed by atoms with Crippen molar-refractivity contribution in [3.8, 4) is 0 Å². The summed E-state index contributed by atoms with van der Waals surface area (Å²) in [6, 6.07) is 6.28. The van der Waals surface area contributed by atoms with Crippen molar-refractivity contribution in [2.45, 2.75) is 33.2 Å². The Morgan fingerprint density at radius 1 is 1.47 bits per heavy atom. The maximum absolute atomic E-state index is 6.04. The van der Waals surface area contributed by atoms with Crippen LogP contribution in [-0.2, 0) is 6.54 Å². The minimum absolute atomic E-state index is 0.654. The molecule has 1 aliphatic rings. The summed E-state index contributed by atoms with van der Waals surface area (Å²) < 4.78 is 2.17. The molecule has 1 aromatic heterocycles. The van der Waals surface area contributed by atoms with E-state index in [9.17, 15) is 0 Å². The van der Waals surface area contributed by atoms with Crippen molar-refractivity contribution in [3.63, 3.8) is 0 Å². The van der Waals surface area contributed by atoms with Gasteiger partial charge in [0, 0.05) is 6.54 Å². The van der Waals surface area contributed by atoms with Gasteiger partial charge in [-0.15, -0.1) is 0 Å². The van der Waals surface area contributed by atoms with Crippen LogP contribution in [-0.4, -0.2) is 9.55 Å². The lowest BCUT2D eigenvalue weighted by atomic mass is 10.1. The lowest BCUT2D eigenvalue weighted by Gasteiger charge is -2.13. The third-order valence-corrected chi connectivity index (χ3v) is 3.91. The minimum Gasteiger partial charge on any atom is -0.369 e. The molecule has 1 fully saturated rings. The zero-order valence-electron chi connectivity index (χ0n) is 10.5. The molecule has 3 nitrogen and oxygen atoms in total. The number of hydrogen-bond acceptors (Lipinski definition) is 2. The maximum atomic E-state index is 6.04. The highest BCUT2D eigenvalue weighted by Crippen LogP contribution is 2.38. The largest absolute Gasteiger partial charge is 0.369 e. The molecule has 1 saturated carbocycles. The average Bonchev–Trinajstić information content (AvgIpc) is 3.08. The summed E-state index contributed by atoms with van der Waals surface area (Å²) >= 11 is 0. The molecule has 2 N–H and O–H groups in total. The number of hydrogen-bond donors (Lipinski definition) is 1. The van der Waals surface area contributed by atoms with Crippen molar-refractivity contribution in [2.24, 2.45) is 11.8 Å². The van der Waals surface area contributed by atoms with Crippen LogP contribution in [0.1, 0.15) is 25.3 Å².